The Morgan fingerprint density at radius 2 is 1.64 bits per heavy atom. The third-order valence-corrected chi connectivity index (χ3v) is 5.67. The highest BCUT2D eigenvalue weighted by Gasteiger charge is 2.13. The number of anilines is 2. The van der Waals surface area contributed by atoms with E-state index in [0.717, 1.165) is 33.2 Å². The minimum atomic E-state index is -0.271. The van der Waals surface area contributed by atoms with E-state index in [1.165, 1.54) is 12.4 Å². The first-order valence-electron chi connectivity index (χ1n) is 11.2. The van der Waals surface area contributed by atoms with Crippen LogP contribution in [0.5, 0.6) is 0 Å². The zero-order chi connectivity index (χ0) is 24.9. The Labute approximate surface area is 207 Å². The molecule has 2 aromatic heterocycles. The molecule has 0 aliphatic carbocycles. The van der Waals surface area contributed by atoms with Gasteiger partial charge in [-0.3, -0.25) is 9.59 Å². The van der Waals surface area contributed by atoms with Gasteiger partial charge >= 0.3 is 0 Å². The van der Waals surface area contributed by atoms with Gasteiger partial charge in [0.05, 0.1) is 5.52 Å². The zero-order valence-electron chi connectivity index (χ0n) is 19.2. The summed E-state index contributed by atoms with van der Waals surface area (Å²) < 4.78 is 0. The van der Waals surface area contributed by atoms with Crippen molar-refractivity contribution >= 4 is 34.2 Å². The predicted octanol–water partition coefficient (Wildman–Crippen LogP) is 5.74. The molecule has 0 aliphatic heterocycles. The van der Waals surface area contributed by atoms with Crippen LogP contribution >= 0.6 is 0 Å². The lowest BCUT2D eigenvalue weighted by molar-refractivity contribution is -0.111. The van der Waals surface area contributed by atoms with Crippen molar-refractivity contribution in [2.45, 2.75) is 0 Å². The molecular formula is C29H21N5O2. The fourth-order valence-corrected chi connectivity index (χ4v) is 3.95. The van der Waals surface area contributed by atoms with Crippen LogP contribution in [0, 0.1) is 0 Å². The lowest BCUT2D eigenvalue weighted by atomic mass is 9.95. The SMILES string of the molecule is C=CC(=O)Nc1cccc(-c2ccc(-c3ccc(C(=O)Nc4ccccn4)cc3)c3cncnc23)c1. The van der Waals surface area contributed by atoms with Crippen molar-refractivity contribution in [1.29, 1.82) is 0 Å². The minimum Gasteiger partial charge on any atom is -0.323 e. The van der Waals surface area contributed by atoms with Crippen LogP contribution in [-0.2, 0) is 4.79 Å². The minimum absolute atomic E-state index is 0.229. The second-order valence-electron chi connectivity index (χ2n) is 7.97. The van der Waals surface area contributed by atoms with Crippen molar-refractivity contribution in [3.8, 4) is 22.3 Å². The molecule has 0 saturated carbocycles. The highest BCUT2D eigenvalue weighted by molar-refractivity contribution is 6.05. The van der Waals surface area contributed by atoms with Crippen LogP contribution in [-0.4, -0.2) is 26.8 Å². The Balaban J connectivity index is 1.47. The maximum atomic E-state index is 12.6. The molecule has 0 bridgehead atoms. The number of nitrogens with zero attached hydrogens (tertiary/aromatic N) is 3. The molecule has 3 aromatic carbocycles. The fraction of sp³-hybridized carbons (Fsp3) is 0. The number of hydrogen-bond donors (Lipinski definition) is 2. The smallest absolute Gasteiger partial charge is 0.256 e. The summed E-state index contributed by atoms with van der Waals surface area (Å²) in [7, 11) is 0. The largest absolute Gasteiger partial charge is 0.323 e. The number of nitrogens with one attached hydrogen (secondary N) is 2. The highest BCUT2D eigenvalue weighted by atomic mass is 16.2. The van der Waals surface area contributed by atoms with Crippen molar-refractivity contribution in [3.05, 3.63) is 116 Å². The number of aromatic nitrogens is 3. The van der Waals surface area contributed by atoms with Crippen LogP contribution in [0.25, 0.3) is 33.2 Å². The quantitative estimate of drug-likeness (QED) is 0.308. The van der Waals surface area contributed by atoms with Crippen LogP contribution in [0.15, 0.2) is 110 Å². The fourth-order valence-electron chi connectivity index (χ4n) is 3.95. The third kappa shape index (κ3) is 4.71. The number of rotatable bonds is 6. The first kappa shape index (κ1) is 22.6. The van der Waals surface area contributed by atoms with E-state index in [1.807, 2.05) is 54.6 Å². The molecule has 7 nitrogen and oxygen atoms in total. The van der Waals surface area contributed by atoms with Gasteiger partial charge in [-0.1, -0.05) is 49.0 Å². The van der Waals surface area contributed by atoms with Gasteiger partial charge in [-0.2, -0.15) is 0 Å². The molecule has 5 rings (SSSR count). The molecule has 0 saturated heterocycles. The Bertz CT molecular complexity index is 1580. The van der Waals surface area contributed by atoms with Gasteiger partial charge in [0.25, 0.3) is 5.91 Å². The Morgan fingerprint density at radius 1 is 0.806 bits per heavy atom. The topological polar surface area (TPSA) is 96.9 Å². The van der Waals surface area contributed by atoms with Gasteiger partial charge in [0, 0.05) is 34.6 Å². The number of carbonyl (C=O) groups is 2. The first-order valence-corrected chi connectivity index (χ1v) is 11.2. The van der Waals surface area contributed by atoms with Crippen LogP contribution in [0.3, 0.4) is 0 Å². The number of pyridine rings is 1. The van der Waals surface area contributed by atoms with E-state index >= 15 is 0 Å². The third-order valence-electron chi connectivity index (χ3n) is 5.67. The number of benzene rings is 3. The van der Waals surface area contributed by atoms with Gasteiger partial charge in [0.1, 0.15) is 12.1 Å². The summed E-state index contributed by atoms with van der Waals surface area (Å²) in [5.74, 6) is -0.00232. The Kier molecular flexibility index (Phi) is 6.27. The molecule has 0 atom stereocenters. The summed E-state index contributed by atoms with van der Waals surface area (Å²) in [5.41, 5.74) is 5.69. The summed E-state index contributed by atoms with van der Waals surface area (Å²) in [4.78, 5) is 37.2. The molecule has 0 radical (unpaired) electrons. The van der Waals surface area contributed by atoms with E-state index in [9.17, 15) is 9.59 Å². The molecule has 2 amide bonds. The summed E-state index contributed by atoms with van der Waals surface area (Å²) in [6, 6.07) is 24.3. The normalized spacial score (nSPS) is 10.6. The van der Waals surface area contributed by atoms with Crippen LogP contribution in [0.1, 0.15) is 10.4 Å². The number of carbonyl (C=O) groups excluding carboxylic acids is 2. The number of amides is 2. The summed E-state index contributed by atoms with van der Waals surface area (Å²) >= 11 is 0. The molecule has 2 heterocycles. The van der Waals surface area contributed by atoms with Crippen LogP contribution < -0.4 is 10.6 Å². The van der Waals surface area contributed by atoms with Crippen molar-refractivity contribution in [2.75, 3.05) is 10.6 Å². The maximum absolute atomic E-state index is 12.6. The zero-order valence-corrected chi connectivity index (χ0v) is 19.2. The summed E-state index contributed by atoms with van der Waals surface area (Å²) in [5, 5.41) is 6.46. The molecular weight excluding hydrogens is 450 g/mol. The molecule has 0 unspecified atom stereocenters. The summed E-state index contributed by atoms with van der Waals surface area (Å²) in [6.45, 7) is 3.50. The molecule has 0 spiro atoms. The second kappa shape index (κ2) is 9.99. The maximum Gasteiger partial charge on any atom is 0.256 e. The monoisotopic (exact) mass is 471 g/mol. The van der Waals surface area contributed by atoms with Gasteiger partial charge in [-0.25, -0.2) is 15.0 Å². The van der Waals surface area contributed by atoms with E-state index in [4.69, 9.17) is 0 Å². The molecule has 174 valence electrons. The van der Waals surface area contributed by atoms with Crippen molar-refractivity contribution < 1.29 is 9.59 Å². The average molecular weight is 472 g/mol. The lowest BCUT2D eigenvalue weighted by Gasteiger charge is -2.12. The molecule has 0 aliphatic rings. The van der Waals surface area contributed by atoms with Crippen molar-refractivity contribution in [1.82, 2.24) is 15.0 Å². The van der Waals surface area contributed by atoms with Gasteiger partial charge < -0.3 is 10.6 Å². The first-order chi connectivity index (χ1) is 17.6. The van der Waals surface area contributed by atoms with E-state index in [1.54, 1.807) is 36.7 Å². The van der Waals surface area contributed by atoms with E-state index in [2.05, 4.69) is 32.2 Å². The highest BCUT2D eigenvalue weighted by Crippen LogP contribution is 2.35. The van der Waals surface area contributed by atoms with Gasteiger partial charge in [-0.05, 0) is 59.2 Å². The Hall–Kier alpha value is -5.17. The molecule has 0 fully saturated rings. The Morgan fingerprint density at radius 3 is 2.42 bits per heavy atom. The number of hydrogen-bond acceptors (Lipinski definition) is 5. The molecule has 36 heavy (non-hydrogen) atoms. The van der Waals surface area contributed by atoms with Crippen LogP contribution in [0.4, 0.5) is 11.5 Å². The standard InChI is InChI=1S/C29H21N5O2/c1-2-27(35)33-22-7-5-6-21(16-22)24-14-13-23(25-17-30-18-32-28(24)25)19-9-11-20(12-10-19)29(36)34-26-8-3-4-15-31-26/h2-18H,1H2,(H,33,35)(H,31,34,36). The van der Waals surface area contributed by atoms with Crippen molar-refractivity contribution in [3.63, 3.8) is 0 Å². The van der Waals surface area contributed by atoms with Gasteiger partial charge in [-0.15, -0.1) is 0 Å². The van der Waals surface area contributed by atoms with Gasteiger partial charge in [0.15, 0.2) is 0 Å². The van der Waals surface area contributed by atoms with E-state index in [-0.39, 0.29) is 11.8 Å². The lowest BCUT2D eigenvalue weighted by Crippen LogP contribution is -2.12. The van der Waals surface area contributed by atoms with Crippen LogP contribution in [0.2, 0.25) is 0 Å². The van der Waals surface area contributed by atoms with Crippen molar-refractivity contribution in [2.24, 2.45) is 0 Å². The number of fused-ring (bicyclic) bond motifs is 1. The molecule has 7 heteroatoms. The molecule has 2 N–H and O–H groups in total. The summed E-state index contributed by atoms with van der Waals surface area (Å²) in [6.07, 6.45) is 6.16. The van der Waals surface area contributed by atoms with E-state index in [0.29, 0.717) is 17.1 Å². The molecule has 5 aromatic rings. The van der Waals surface area contributed by atoms with Gasteiger partial charge in [0.2, 0.25) is 5.91 Å². The average Bonchev–Trinajstić information content (AvgIpc) is 2.93. The second-order valence-corrected chi connectivity index (χ2v) is 7.97. The predicted molar refractivity (Wildman–Crippen MR) is 141 cm³/mol. The van der Waals surface area contributed by atoms with E-state index < -0.39 is 0 Å².